The van der Waals surface area contributed by atoms with Crippen molar-refractivity contribution >= 4 is 5.91 Å². The average Bonchev–Trinajstić information content (AvgIpc) is 3.24. The number of likely N-dealkylation sites (tertiary alicyclic amines) is 1. The van der Waals surface area contributed by atoms with Crippen LogP contribution in [0.3, 0.4) is 0 Å². The van der Waals surface area contributed by atoms with Crippen LogP contribution in [0.1, 0.15) is 37.2 Å². The quantitative estimate of drug-likeness (QED) is 0.920. The van der Waals surface area contributed by atoms with Gasteiger partial charge in [-0.15, -0.1) is 0 Å². The molecule has 3 nitrogen and oxygen atoms in total. The largest absolute Gasteiger partial charge is 0.341 e. The van der Waals surface area contributed by atoms with E-state index in [1.54, 1.807) is 0 Å². The topological polar surface area (TPSA) is 46.3 Å². The Balaban J connectivity index is 1.61. The van der Waals surface area contributed by atoms with Crippen LogP contribution in [-0.4, -0.2) is 29.9 Å². The Kier molecular flexibility index (Phi) is 3.74. The number of benzene rings is 1. The molecule has 0 aromatic heterocycles. The molecule has 20 heavy (non-hydrogen) atoms. The summed E-state index contributed by atoms with van der Waals surface area (Å²) in [6.45, 7) is 1.38. The van der Waals surface area contributed by atoms with E-state index in [0.29, 0.717) is 18.9 Å². The molecule has 1 saturated carbocycles. The predicted octanol–water partition coefficient (Wildman–Crippen LogP) is 2.27. The number of piperidine rings is 1. The van der Waals surface area contributed by atoms with Crippen LogP contribution in [0.25, 0.3) is 0 Å². The number of hydrogen-bond acceptors (Lipinski definition) is 2. The maximum atomic E-state index is 13.0. The van der Waals surface area contributed by atoms with Crippen molar-refractivity contribution in [2.75, 3.05) is 13.1 Å². The summed E-state index contributed by atoms with van der Waals surface area (Å²) in [5.41, 5.74) is 7.31. The third-order valence-corrected chi connectivity index (χ3v) is 4.47. The minimum atomic E-state index is -0.223. The molecular formula is C16H21FN2O. The normalized spacial score (nSPS) is 26.6. The first-order valence-corrected chi connectivity index (χ1v) is 7.42. The third-order valence-electron chi connectivity index (χ3n) is 4.47. The van der Waals surface area contributed by atoms with Gasteiger partial charge in [0.15, 0.2) is 0 Å². The molecule has 0 spiro atoms. The smallest absolute Gasteiger partial charge is 0.222 e. The number of amides is 1. The highest BCUT2D eigenvalue weighted by atomic mass is 19.1. The summed E-state index contributed by atoms with van der Waals surface area (Å²) in [5.74, 6) is 0.869. The highest BCUT2D eigenvalue weighted by Crippen LogP contribution is 2.34. The molecule has 108 valence electrons. The van der Waals surface area contributed by atoms with E-state index in [1.807, 2.05) is 17.0 Å². The van der Waals surface area contributed by atoms with Crippen molar-refractivity contribution in [1.29, 1.82) is 0 Å². The van der Waals surface area contributed by atoms with Crippen LogP contribution < -0.4 is 5.73 Å². The second-order valence-corrected chi connectivity index (χ2v) is 6.10. The highest BCUT2D eigenvalue weighted by Gasteiger charge is 2.32. The minimum Gasteiger partial charge on any atom is -0.341 e. The average molecular weight is 276 g/mol. The molecule has 4 heteroatoms. The van der Waals surface area contributed by atoms with Crippen molar-refractivity contribution in [3.63, 3.8) is 0 Å². The Morgan fingerprint density at radius 3 is 2.55 bits per heavy atom. The zero-order valence-corrected chi connectivity index (χ0v) is 11.6. The number of halogens is 1. The summed E-state index contributed by atoms with van der Waals surface area (Å²) in [6.07, 6.45) is 3.95. The molecule has 1 heterocycles. The van der Waals surface area contributed by atoms with Crippen molar-refractivity contribution in [1.82, 2.24) is 4.90 Å². The molecule has 2 N–H and O–H groups in total. The first-order valence-electron chi connectivity index (χ1n) is 7.42. The Hall–Kier alpha value is -1.42. The lowest BCUT2D eigenvalue weighted by Crippen LogP contribution is -2.49. The van der Waals surface area contributed by atoms with Crippen molar-refractivity contribution in [2.45, 2.75) is 37.6 Å². The van der Waals surface area contributed by atoms with E-state index in [9.17, 15) is 9.18 Å². The molecule has 1 saturated heterocycles. The number of rotatable bonds is 3. The molecule has 2 fully saturated rings. The maximum absolute atomic E-state index is 13.0. The fourth-order valence-electron chi connectivity index (χ4n) is 3.03. The van der Waals surface area contributed by atoms with Gasteiger partial charge in [0.1, 0.15) is 5.82 Å². The second-order valence-electron chi connectivity index (χ2n) is 6.10. The number of carbonyl (C=O) groups excluding carboxylic acids is 1. The van der Waals surface area contributed by atoms with E-state index in [4.69, 9.17) is 5.73 Å². The van der Waals surface area contributed by atoms with Gasteiger partial charge in [0.05, 0.1) is 0 Å². The van der Waals surface area contributed by atoms with Gasteiger partial charge in [0, 0.05) is 31.5 Å². The molecule has 2 aliphatic rings. The summed E-state index contributed by atoms with van der Waals surface area (Å²) in [5, 5.41) is 0. The number of nitrogens with zero attached hydrogens (tertiary/aromatic N) is 1. The third kappa shape index (κ3) is 3.01. The fraction of sp³-hybridized carbons (Fsp3) is 0.562. The van der Waals surface area contributed by atoms with E-state index < -0.39 is 0 Å². The number of carbonyl (C=O) groups is 1. The Labute approximate surface area is 118 Å². The second kappa shape index (κ2) is 5.52. The lowest BCUT2D eigenvalue weighted by molar-refractivity contribution is -0.132. The van der Waals surface area contributed by atoms with E-state index >= 15 is 0 Å². The van der Waals surface area contributed by atoms with Crippen LogP contribution >= 0.6 is 0 Å². The van der Waals surface area contributed by atoms with Gasteiger partial charge in [-0.2, -0.15) is 0 Å². The minimum absolute atomic E-state index is 0.0580. The number of nitrogens with two attached hydrogens (primary N) is 1. The van der Waals surface area contributed by atoms with E-state index in [2.05, 4.69) is 0 Å². The predicted molar refractivity (Wildman–Crippen MR) is 75.7 cm³/mol. The Bertz CT molecular complexity index is 484. The zero-order chi connectivity index (χ0) is 14.1. The first-order chi connectivity index (χ1) is 9.63. The standard InChI is InChI=1S/C16H21FN2O/c17-13-5-3-12(4-6-13)14-7-8-19(10-15(14)18)16(20)9-11-1-2-11/h3-6,11,14-15H,1-2,7-10,18H2. The van der Waals surface area contributed by atoms with Crippen molar-refractivity contribution in [3.8, 4) is 0 Å². The summed E-state index contributed by atoms with van der Waals surface area (Å²) >= 11 is 0. The highest BCUT2D eigenvalue weighted by molar-refractivity contribution is 5.77. The molecule has 1 aromatic carbocycles. The Morgan fingerprint density at radius 1 is 1.25 bits per heavy atom. The SMILES string of the molecule is NC1CN(C(=O)CC2CC2)CCC1c1ccc(F)cc1. The molecular weight excluding hydrogens is 255 g/mol. The fourth-order valence-corrected chi connectivity index (χ4v) is 3.03. The molecule has 1 aromatic rings. The summed E-state index contributed by atoms with van der Waals surface area (Å²) in [7, 11) is 0. The van der Waals surface area contributed by atoms with Crippen LogP contribution in [0, 0.1) is 11.7 Å². The molecule has 2 atom stereocenters. The van der Waals surface area contributed by atoms with Gasteiger partial charge in [-0.3, -0.25) is 4.79 Å². The van der Waals surface area contributed by atoms with Crippen molar-refractivity contribution < 1.29 is 9.18 Å². The van der Waals surface area contributed by atoms with Crippen molar-refractivity contribution in [2.24, 2.45) is 11.7 Å². The molecule has 2 unspecified atom stereocenters. The van der Waals surface area contributed by atoms with Gasteiger partial charge in [0.25, 0.3) is 0 Å². The van der Waals surface area contributed by atoms with Crippen LogP contribution in [0.4, 0.5) is 4.39 Å². The molecule has 1 aliphatic heterocycles. The lowest BCUT2D eigenvalue weighted by Gasteiger charge is -2.37. The molecule has 1 amide bonds. The van der Waals surface area contributed by atoms with Crippen molar-refractivity contribution in [3.05, 3.63) is 35.6 Å². The van der Waals surface area contributed by atoms with Crippen LogP contribution in [0.15, 0.2) is 24.3 Å². The summed E-state index contributed by atoms with van der Waals surface area (Å²) in [6, 6.07) is 6.51. The molecule has 0 radical (unpaired) electrons. The molecule has 0 bridgehead atoms. The van der Waals surface area contributed by atoms with Gasteiger partial charge >= 0.3 is 0 Å². The first kappa shape index (κ1) is 13.6. The van der Waals surface area contributed by atoms with Gasteiger partial charge in [0.2, 0.25) is 5.91 Å². The van der Waals surface area contributed by atoms with Gasteiger partial charge in [-0.25, -0.2) is 4.39 Å². The monoisotopic (exact) mass is 276 g/mol. The number of hydrogen-bond donors (Lipinski definition) is 1. The van der Waals surface area contributed by atoms with Gasteiger partial charge in [-0.1, -0.05) is 12.1 Å². The van der Waals surface area contributed by atoms with Gasteiger partial charge in [-0.05, 0) is 42.9 Å². The van der Waals surface area contributed by atoms with Crippen LogP contribution in [0.2, 0.25) is 0 Å². The van der Waals surface area contributed by atoms with Crippen LogP contribution in [0.5, 0.6) is 0 Å². The Morgan fingerprint density at radius 2 is 1.95 bits per heavy atom. The van der Waals surface area contributed by atoms with E-state index in [0.717, 1.165) is 18.5 Å². The maximum Gasteiger partial charge on any atom is 0.222 e. The summed E-state index contributed by atoms with van der Waals surface area (Å²) in [4.78, 5) is 14.0. The van der Waals surface area contributed by atoms with E-state index in [-0.39, 0.29) is 23.7 Å². The zero-order valence-electron chi connectivity index (χ0n) is 11.6. The van der Waals surface area contributed by atoms with E-state index in [1.165, 1.54) is 25.0 Å². The van der Waals surface area contributed by atoms with Gasteiger partial charge < -0.3 is 10.6 Å². The molecule has 1 aliphatic carbocycles. The summed E-state index contributed by atoms with van der Waals surface area (Å²) < 4.78 is 13.0. The molecule has 3 rings (SSSR count). The lowest BCUT2D eigenvalue weighted by atomic mass is 9.85. The van der Waals surface area contributed by atoms with Crippen LogP contribution in [-0.2, 0) is 4.79 Å².